The first-order valence-electron chi connectivity index (χ1n) is 5.78. The van der Waals surface area contributed by atoms with E-state index in [1.54, 1.807) is 0 Å². The van der Waals surface area contributed by atoms with Crippen LogP contribution in [0.25, 0.3) is 0 Å². The highest BCUT2D eigenvalue weighted by Gasteiger charge is 2.16. The molecule has 0 aliphatic rings. The van der Waals surface area contributed by atoms with E-state index in [0.29, 0.717) is 0 Å². The van der Waals surface area contributed by atoms with Crippen molar-refractivity contribution in [3.63, 3.8) is 0 Å². The fourth-order valence-electron chi connectivity index (χ4n) is 1.61. The molecule has 0 heterocycles. The minimum absolute atomic E-state index is 0.250. The molecule has 0 aliphatic carbocycles. The van der Waals surface area contributed by atoms with E-state index in [1.807, 2.05) is 60.7 Å². The molecule has 0 radical (unpaired) electrons. The van der Waals surface area contributed by atoms with Gasteiger partial charge in [-0.25, -0.2) is 4.79 Å². The van der Waals surface area contributed by atoms with Crippen molar-refractivity contribution in [3.8, 4) is 0 Å². The standard InChI is InChI=1S/C15H15NO2/c16-14(13-9-5-2-6-10-13)15(17)18-11-12-7-3-1-4-8-12/h1-10,14H,11,16H2. The molecule has 0 aliphatic heterocycles. The molecule has 2 aromatic carbocycles. The van der Waals surface area contributed by atoms with Gasteiger partial charge in [0.2, 0.25) is 0 Å². The Balaban J connectivity index is 1.93. The zero-order chi connectivity index (χ0) is 12.8. The van der Waals surface area contributed by atoms with Gasteiger partial charge in [0.1, 0.15) is 12.6 Å². The van der Waals surface area contributed by atoms with E-state index in [9.17, 15) is 4.79 Å². The van der Waals surface area contributed by atoms with Crippen molar-refractivity contribution in [2.24, 2.45) is 5.73 Å². The molecule has 2 rings (SSSR count). The summed E-state index contributed by atoms with van der Waals surface area (Å²) in [4.78, 5) is 11.8. The second kappa shape index (κ2) is 5.98. The van der Waals surface area contributed by atoms with Gasteiger partial charge in [-0.2, -0.15) is 0 Å². The molecule has 0 aromatic heterocycles. The van der Waals surface area contributed by atoms with Crippen LogP contribution < -0.4 is 5.73 Å². The summed E-state index contributed by atoms with van der Waals surface area (Å²) in [6, 6.07) is 18.0. The Labute approximate surface area is 106 Å². The lowest BCUT2D eigenvalue weighted by atomic mass is 10.1. The van der Waals surface area contributed by atoms with Crippen LogP contribution in [-0.4, -0.2) is 5.97 Å². The molecular weight excluding hydrogens is 226 g/mol. The molecule has 3 heteroatoms. The molecule has 18 heavy (non-hydrogen) atoms. The number of hydrogen-bond donors (Lipinski definition) is 1. The van der Waals surface area contributed by atoms with Crippen molar-refractivity contribution in [2.75, 3.05) is 0 Å². The number of carbonyl (C=O) groups is 1. The highest BCUT2D eigenvalue weighted by Crippen LogP contribution is 2.12. The molecule has 0 saturated heterocycles. The van der Waals surface area contributed by atoms with Gasteiger partial charge < -0.3 is 10.5 Å². The number of esters is 1. The van der Waals surface area contributed by atoms with E-state index in [2.05, 4.69) is 0 Å². The Hall–Kier alpha value is -2.13. The van der Waals surface area contributed by atoms with Crippen molar-refractivity contribution in [2.45, 2.75) is 12.6 Å². The second-order valence-corrected chi connectivity index (χ2v) is 3.98. The molecule has 2 N–H and O–H groups in total. The van der Waals surface area contributed by atoms with Gasteiger partial charge in [-0.1, -0.05) is 60.7 Å². The van der Waals surface area contributed by atoms with Crippen LogP contribution in [0.3, 0.4) is 0 Å². The van der Waals surface area contributed by atoms with Crippen LogP contribution in [-0.2, 0) is 16.1 Å². The van der Waals surface area contributed by atoms with Gasteiger partial charge in [-0.15, -0.1) is 0 Å². The van der Waals surface area contributed by atoms with Crippen molar-refractivity contribution in [1.82, 2.24) is 0 Å². The Kier molecular flexibility index (Phi) is 4.10. The van der Waals surface area contributed by atoms with Gasteiger partial charge >= 0.3 is 5.97 Å². The number of ether oxygens (including phenoxy) is 1. The van der Waals surface area contributed by atoms with Crippen LogP contribution in [0.4, 0.5) is 0 Å². The number of carbonyl (C=O) groups excluding carboxylic acids is 1. The Morgan fingerprint density at radius 1 is 1.00 bits per heavy atom. The third kappa shape index (κ3) is 3.18. The first kappa shape index (κ1) is 12.3. The smallest absolute Gasteiger partial charge is 0.327 e. The topological polar surface area (TPSA) is 52.3 Å². The van der Waals surface area contributed by atoms with Crippen molar-refractivity contribution < 1.29 is 9.53 Å². The average Bonchev–Trinajstić information content (AvgIpc) is 2.46. The van der Waals surface area contributed by atoms with Crippen LogP contribution in [0, 0.1) is 0 Å². The largest absolute Gasteiger partial charge is 0.459 e. The van der Waals surface area contributed by atoms with Crippen molar-refractivity contribution >= 4 is 5.97 Å². The maximum atomic E-state index is 11.8. The van der Waals surface area contributed by atoms with E-state index in [1.165, 1.54) is 0 Å². The summed E-state index contributed by atoms with van der Waals surface area (Å²) in [5.74, 6) is -0.412. The highest BCUT2D eigenvalue weighted by atomic mass is 16.5. The molecule has 0 amide bonds. The molecule has 0 saturated carbocycles. The van der Waals surface area contributed by atoms with E-state index < -0.39 is 12.0 Å². The Morgan fingerprint density at radius 3 is 2.17 bits per heavy atom. The quantitative estimate of drug-likeness (QED) is 0.836. The lowest BCUT2D eigenvalue weighted by Crippen LogP contribution is -2.23. The summed E-state index contributed by atoms with van der Waals surface area (Å²) in [5.41, 5.74) is 7.54. The fourth-order valence-corrected chi connectivity index (χ4v) is 1.61. The first-order chi connectivity index (χ1) is 8.77. The summed E-state index contributed by atoms with van der Waals surface area (Å²) in [6.45, 7) is 0.250. The summed E-state index contributed by atoms with van der Waals surface area (Å²) in [6.07, 6.45) is 0. The average molecular weight is 241 g/mol. The van der Waals surface area contributed by atoms with Crippen LogP contribution in [0.5, 0.6) is 0 Å². The lowest BCUT2D eigenvalue weighted by molar-refractivity contribution is -0.146. The Morgan fingerprint density at radius 2 is 1.56 bits per heavy atom. The van der Waals surface area contributed by atoms with Gasteiger partial charge in [-0.3, -0.25) is 0 Å². The monoisotopic (exact) mass is 241 g/mol. The molecule has 1 atom stereocenters. The highest BCUT2D eigenvalue weighted by molar-refractivity contribution is 5.77. The summed E-state index contributed by atoms with van der Waals surface area (Å²) >= 11 is 0. The molecular formula is C15H15NO2. The molecule has 1 unspecified atom stereocenters. The third-order valence-corrected chi connectivity index (χ3v) is 2.64. The summed E-state index contributed by atoms with van der Waals surface area (Å²) in [5, 5.41) is 0. The molecule has 0 fully saturated rings. The third-order valence-electron chi connectivity index (χ3n) is 2.64. The lowest BCUT2D eigenvalue weighted by Gasteiger charge is -2.11. The number of rotatable bonds is 4. The number of benzene rings is 2. The fraction of sp³-hybridized carbons (Fsp3) is 0.133. The molecule has 0 bridgehead atoms. The zero-order valence-corrected chi connectivity index (χ0v) is 9.95. The number of nitrogens with two attached hydrogens (primary N) is 1. The van der Waals surface area contributed by atoms with Crippen LogP contribution in [0.1, 0.15) is 17.2 Å². The molecule has 0 spiro atoms. The van der Waals surface area contributed by atoms with E-state index in [0.717, 1.165) is 11.1 Å². The molecule has 92 valence electrons. The molecule has 2 aromatic rings. The van der Waals surface area contributed by atoms with E-state index in [-0.39, 0.29) is 6.61 Å². The van der Waals surface area contributed by atoms with Crippen LogP contribution in [0.15, 0.2) is 60.7 Å². The minimum atomic E-state index is -0.727. The van der Waals surface area contributed by atoms with E-state index >= 15 is 0 Å². The van der Waals surface area contributed by atoms with Gasteiger partial charge in [0.25, 0.3) is 0 Å². The van der Waals surface area contributed by atoms with Gasteiger partial charge in [-0.05, 0) is 11.1 Å². The van der Waals surface area contributed by atoms with Crippen molar-refractivity contribution in [3.05, 3.63) is 71.8 Å². The summed E-state index contributed by atoms with van der Waals surface area (Å²) in [7, 11) is 0. The summed E-state index contributed by atoms with van der Waals surface area (Å²) < 4.78 is 5.18. The van der Waals surface area contributed by atoms with E-state index in [4.69, 9.17) is 10.5 Å². The second-order valence-electron chi connectivity index (χ2n) is 3.98. The predicted molar refractivity (Wildman–Crippen MR) is 69.6 cm³/mol. The normalized spacial score (nSPS) is 11.8. The zero-order valence-electron chi connectivity index (χ0n) is 9.95. The first-order valence-corrected chi connectivity index (χ1v) is 5.78. The Bertz CT molecular complexity index is 496. The predicted octanol–water partition coefficient (Wildman–Crippen LogP) is 2.43. The van der Waals surface area contributed by atoms with Gasteiger partial charge in [0.15, 0.2) is 0 Å². The van der Waals surface area contributed by atoms with Crippen LogP contribution >= 0.6 is 0 Å². The minimum Gasteiger partial charge on any atom is -0.459 e. The van der Waals surface area contributed by atoms with Gasteiger partial charge in [0.05, 0.1) is 0 Å². The number of hydrogen-bond acceptors (Lipinski definition) is 3. The van der Waals surface area contributed by atoms with Gasteiger partial charge in [0, 0.05) is 0 Å². The van der Waals surface area contributed by atoms with Crippen molar-refractivity contribution in [1.29, 1.82) is 0 Å². The molecule has 3 nitrogen and oxygen atoms in total. The maximum absolute atomic E-state index is 11.8. The SMILES string of the molecule is NC(C(=O)OCc1ccccc1)c1ccccc1. The van der Waals surface area contributed by atoms with Crippen LogP contribution in [0.2, 0.25) is 0 Å². The maximum Gasteiger partial charge on any atom is 0.327 e.